The average molecular weight is 224 g/mol. The van der Waals surface area contributed by atoms with Crippen molar-refractivity contribution in [3.63, 3.8) is 0 Å². The summed E-state index contributed by atoms with van der Waals surface area (Å²) in [4.78, 5) is 0. The van der Waals surface area contributed by atoms with Crippen molar-refractivity contribution in [2.45, 2.75) is 13.0 Å². The molecule has 0 aliphatic carbocycles. The SMILES string of the molecule is CC(O)c1ccc(/C=C\c2ccccc2)cc1. The van der Waals surface area contributed by atoms with Crippen LogP contribution in [0.15, 0.2) is 54.6 Å². The highest BCUT2D eigenvalue weighted by Gasteiger charge is 1.98. The summed E-state index contributed by atoms with van der Waals surface area (Å²) in [6.45, 7) is 1.77. The number of benzene rings is 2. The molecule has 0 amide bonds. The summed E-state index contributed by atoms with van der Waals surface area (Å²) < 4.78 is 0. The lowest BCUT2D eigenvalue weighted by atomic mass is 10.1. The maximum Gasteiger partial charge on any atom is 0.0761 e. The summed E-state index contributed by atoms with van der Waals surface area (Å²) >= 11 is 0. The number of aliphatic hydroxyl groups excluding tert-OH is 1. The lowest BCUT2D eigenvalue weighted by Crippen LogP contribution is -1.89. The summed E-state index contributed by atoms with van der Waals surface area (Å²) in [5.74, 6) is 0. The summed E-state index contributed by atoms with van der Waals surface area (Å²) in [6.07, 6.45) is 3.75. The van der Waals surface area contributed by atoms with Crippen LogP contribution < -0.4 is 0 Å². The first-order valence-electron chi connectivity index (χ1n) is 5.77. The van der Waals surface area contributed by atoms with E-state index in [0.717, 1.165) is 11.1 Å². The number of hydrogen-bond donors (Lipinski definition) is 1. The Labute approximate surface area is 102 Å². The molecular weight excluding hydrogens is 208 g/mol. The van der Waals surface area contributed by atoms with Gasteiger partial charge in [0.05, 0.1) is 6.10 Å². The van der Waals surface area contributed by atoms with E-state index < -0.39 is 6.10 Å². The first kappa shape index (κ1) is 11.6. The van der Waals surface area contributed by atoms with Gasteiger partial charge in [0.25, 0.3) is 0 Å². The highest BCUT2D eigenvalue weighted by molar-refractivity contribution is 5.69. The topological polar surface area (TPSA) is 20.2 Å². The van der Waals surface area contributed by atoms with E-state index in [1.54, 1.807) is 6.92 Å². The van der Waals surface area contributed by atoms with E-state index in [4.69, 9.17) is 0 Å². The fourth-order valence-corrected chi connectivity index (χ4v) is 1.64. The number of aliphatic hydroxyl groups is 1. The summed E-state index contributed by atoms with van der Waals surface area (Å²) in [6, 6.07) is 18.1. The van der Waals surface area contributed by atoms with Gasteiger partial charge in [-0.05, 0) is 23.6 Å². The van der Waals surface area contributed by atoms with Crippen LogP contribution in [0, 0.1) is 0 Å². The number of hydrogen-bond acceptors (Lipinski definition) is 1. The molecule has 0 aliphatic heterocycles. The first-order chi connectivity index (χ1) is 8.25. The molecule has 0 aromatic heterocycles. The zero-order valence-electron chi connectivity index (χ0n) is 9.88. The Morgan fingerprint density at radius 3 is 1.88 bits per heavy atom. The number of rotatable bonds is 3. The van der Waals surface area contributed by atoms with Gasteiger partial charge in [-0.25, -0.2) is 0 Å². The van der Waals surface area contributed by atoms with E-state index in [0.29, 0.717) is 0 Å². The molecule has 1 unspecified atom stereocenters. The van der Waals surface area contributed by atoms with Crippen molar-refractivity contribution in [3.8, 4) is 0 Å². The van der Waals surface area contributed by atoms with Crippen LogP contribution >= 0.6 is 0 Å². The van der Waals surface area contributed by atoms with Crippen molar-refractivity contribution in [1.82, 2.24) is 0 Å². The summed E-state index contributed by atoms with van der Waals surface area (Å²) in [5.41, 5.74) is 3.27. The van der Waals surface area contributed by atoms with Crippen LogP contribution in [0.4, 0.5) is 0 Å². The molecule has 86 valence electrons. The van der Waals surface area contributed by atoms with Crippen LogP contribution in [-0.2, 0) is 0 Å². The van der Waals surface area contributed by atoms with Crippen molar-refractivity contribution < 1.29 is 5.11 Å². The maximum absolute atomic E-state index is 9.40. The molecule has 0 heterocycles. The molecule has 1 heteroatoms. The van der Waals surface area contributed by atoms with E-state index in [-0.39, 0.29) is 0 Å². The Morgan fingerprint density at radius 2 is 1.35 bits per heavy atom. The molecule has 0 radical (unpaired) electrons. The molecule has 0 bridgehead atoms. The van der Waals surface area contributed by atoms with E-state index in [1.807, 2.05) is 42.5 Å². The van der Waals surface area contributed by atoms with Crippen molar-refractivity contribution in [3.05, 3.63) is 71.3 Å². The predicted molar refractivity (Wildman–Crippen MR) is 72.4 cm³/mol. The molecule has 0 saturated carbocycles. The van der Waals surface area contributed by atoms with E-state index in [2.05, 4.69) is 24.3 Å². The molecule has 2 rings (SSSR count). The van der Waals surface area contributed by atoms with Crippen LogP contribution in [0.3, 0.4) is 0 Å². The molecule has 2 aromatic carbocycles. The van der Waals surface area contributed by atoms with Crippen molar-refractivity contribution in [2.75, 3.05) is 0 Å². The molecule has 2 aromatic rings. The third-order valence-electron chi connectivity index (χ3n) is 2.69. The van der Waals surface area contributed by atoms with Gasteiger partial charge >= 0.3 is 0 Å². The molecule has 17 heavy (non-hydrogen) atoms. The van der Waals surface area contributed by atoms with Gasteiger partial charge < -0.3 is 5.11 Å². The Balaban J connectivity index is 2.12. The molecule has 0 aliphatic rings. The molecule has 0 fully saturated rings. The van der Waals surface area contributed by atoms with Crippen LogP contribution in [0.1, 0.15) is 29.7 Å². The fourth-order valence-electron chi connectivity index (χ4n) is 1.64. The summed E-state index contributed by atoms with van der Waals surface area (Å²) in [7, 11) is 0. The molecule has 1 atom stereocenters. The van der Waals surface area contributed by atoms with Gasteiger partial charge in [0.2, 0.25) is 0 Å². The minimum absolute atomic E-state index is 0.401. The lowest BCUT2D eigenvalue weighted by Gasteiger charge is -2.03. The highest BCUT2D eigenvalue weighted by atomic mass is 16.3. The van der Waals surface area contributed by atoms with Gasteiger partial charge in [-0.15, -0.1) is 0 Å². The van der Waals surface area contributed by atoms with Crippen molar-refractivity contribution >= 4 is 12.2 Å². The van der Waals surface area contributed by atoms with Gasteiger partial charge in [0.1, 0.15) is 0 Å². The Morgan fingerprint density at radius 1 is 0.824 bits per heavy atom. The van der Waals surface area contributed by atoms with Gasteiger partial charge in [-0.2, -0.15) is 0 Å². The predicted octanol–water partition coefficient (Wildman–Crippen LogP) is 3.91. The van der Waals surface area contributed by atoms with Crippen molar-refractivity contribution in [1.29, 1.82) is 0 Å². The highest BCUT2D eigenvalue weighted by Crippen LogP contribution is 2.14. The molecule has 0 spiro atoms. The Hall–Kier alpha value is -1.86. The normalized spacial score (nSPS) is 12.8. The minimum atomic E-state index is -0.401. The summed E-state index contributed by atoms with van der Waals surface area (Å²) in [5, 5.41) is 9.40. The second-order valence-corrected chi connectivity index (χ2v) is 4.09. The van der Waals surface area contributed by atoms with Crippen molar-refractivity contribution in [2.24, 2.45) is 0 Å². The smallest absolute Gasteiger partial charge is 0.0761 e. The third kappa shape index (κ3) is 3.30. The third-order valence-corrected chi connectivity index (χ3v) is 2.69. The second kappa shape index (κ2) is 5.46. The molecular formula is C16H16O. The largest absolute Gasteiger partial charge is 0.389 e. The van der Waals surface area contributed by atoms with Gasteiger partial charge in [0.15, 0.2) is 0 Å². The zero-order valence-corrected chi connectivity index (χ0v) is 9.88. The van der Waals surface area contributed by atoms with Crippen LogP contribution in [0.5, 0.6) is 0 Å². The van der Waals surface area contributed by atoms with Crippen LogP contribution in [0.2, 0.25) is 0 Å². The van der Waals surface area contributed by atoms with Crippen LogP contribution in [-0.4, -0.2) is 5.11 Å². The quantitative estimate of drug-likeness (QED) is 0.784. The molecule has 1 nitrogen and oxygen atoms in total. The standard InChI is InChI=1S/C16H16O/c1-13(17)16-11-9-15(10-12-16)8-7-14-5-3-2-4-6-14/h2-13,17H,1H3/b8-7-. The average Bonchev–Trinajstić information content (AvgIpc) is 2.38. The lowest BCUT2D eigenvalue weighted by molar-refractivity contribution is 0.199. The molecule has 0 saturated heterocycles. The van der Waals surface area contributed by atoms with E-state index in [9.17, 15) is 5.11 Å². The first-order valence-corrected chi connectivity index (χ1v) is 5.77. The van der Waals surface area contributed by atoms with Gasteiger partial charge in [-0.3, -0.25) is 0 Å². The Bertz CT molecular complexity index is 481. The second-order valence-electron chi connectivity index (χ2n) is 4.09. The Kier molecular flexibility index (Phi) is 3.73. The zero-order chi connectivity index (χ0) is 12.1. The maximum atomic E-state index is 9.40. The van der Waals surface area contributed by atoms with Gasteiger partial charge in [-0.1, -0.05) is 66.7 Å². The molecule has 1 N–H and O–H groups in total. The fraction of sp³-hybridized carbons (Fsp3) is 0.125. The minimum Gasteiger partial charge on any atom is -0.389 e. The van der Waals surface area contributed by atoms with E-state index in [1.165, 1.54) is 5.56 Å². The monoisotopic (exact) mass is 224 g/mol. The van der Waals surface area contributed by atoms with Crippen LogP contribution in [0.25, 0.3) is 12.2 Å². The van der Waals surface area contributed by atoms with E-state index >= 15 is 0 Å². The van der Waals surface area contributed by atoms with Gasteiger partial charge in [0, 0.05) is 0 Å².